The van der Waals surface area contributed by atoms with Gasteiger partial charge in [0.05, 0.1) is 6.54 Å². The Kier molecular flexibility index (Phi) is 3.64. The van der Waals surface area contributed by atoms with Crippen LogP contribution in [-0.4, -0.2) is 21.8 Å². The third-order valence-electron chi connectivity index (χ3n) is 2.81. The Hall–Kier alpha value is -2.13. The Morgan fingerprint density at radius 3 is 2.85 bits per heavy atom. The van der Waals surface area contributed by atoms with Crippen LogP contribution in [-0.2, 0) is 5.41 Å². The summed E-state index contributed by atoms with van der Waals surface area (Å²) in [4.78, 5) is 29.1. The molecule has 0 fully saturated rings. The van der Waals surface area contributed by atoms with E-state index >= 15 is 0 Å². The summed E-state index contributed by atoms with van der Waals surface area (Å²) in [7, 11) is 0. The molecule has 0 bridgehead atoms. The Bertz CT molecular complexity index is 759. The molecule has 2 aromatic rings. The average molecular weight is 289 g/mol. The molecule has 20 heavy (non-hydrogen) atoms. The highest BCUT2D eigenvalue weighted by Crippen LogP contribution is 2.25. The molecule has 0 unspecified atom stereocenters. The topological polar surface area (TPSA) is 63.5 Å². The van der Waals surface area contributed by atoms with Gasteiger partial charge in [-0.05, 0) is 0 Å². The summed E-state index contributed by atoms with van der Waals surface area (Å²) in [6.45, 7) is 6.10. The molecule has 0 aliphatic carbocycles. The zero-order chi connectivity index (χ0) is 14.9. The van der Waals surface area contributed by atoms with Gasteiger partial charge >= 0.3 is 0 Å². The number of hydrogen-bond acceptors (Lipinski definition) is 4. The average Bonchev–Trinajstić information content (AvgIpc) is 2.81. The minimum atomic E-state index is -0.499. The van der Waals surface area contributed by atoms with E-state index in [-0.39, 0.29) is 23.1 Å². The summed E-state index contributed by atoms with van der Waals surface area (Å²) in [5.74, 6) is 1.80. The molecule has 0 aliphatic rings. The Labute approximate surface area is 120 Å². The number of nitrogens with zero attached hydrogens (tertiary/aromatic N) is 2. The van der Waals surface area contributed by atoms with E-state index in [0.717, 1.165) is 5.69 Å². The normalized spacial score (nSPS) is 11.3. The minimum Gasteiger partial charge on any atom is -0.341 e. The number of amides is 1. The van der Waals surface area contributed by atoms with E-state index < -0.39 is 5.91 Å². The molecule has 5 nitrogen and oxygen atoms in total. The number of fused-ring (bicyclic) bond motifs is 1. The number of carbonyl (C=O) groups is 1. The first-order chi connectivity index (χ1) is 9.36. The zero-order valence-electron chi connectivity index (χ0n) is 11.6. The van der Waals surface area contributed by atoms with Crippen LogP contribution >= 0.6 is 11.3 Å². The summed E-state index contributed by atoms with van der Waals surface area (Å²) >= 11 is 1.38. The quantitative estimate of drug-likeness (QED) is 0.850. The van der Waals surface area contributed by atoms with Gasteiger partial charge in [0, 0.05) is 22.7 Å². The van der Waals surface area contributed by atoms with Crippen LogP contribution in [0.1, 0.15) is 36.8 Å². The lowest BCUT2D eigenvalue weighted by atomic mass is 9.93. The number of aromatic nitrogens is 2. The van der Waals surface area contributed by atoms with Crippen molar-refractivity contribution in [3.05, 3.63) is 33.2 Å². The Morgan fingerprint density at radius 1 is 1.55 bits per heavy atom. The van der Waals surface area contributed by atoms with Gasteiger partial charge in [0.1, 0.15) is 5.56 Å². The van der Waals surface area contributed by atoms with Gasteiger partial charge < -0.3 is 5.32 Å². The molecule has 0 saturated carbocycles. The third-order valence-corrected chi connectivity index (χ3v) is 3.65. The molecule has 0 spiro atoms. The SMILES string of the molecule is C#CCNC(=O)c1cnc2scc(C(C)(C)C)n2c1=O. The van der Waals surface area contributed by atoms with E-state index in [4.69, 9.17) is 6.42 Å². The first kappa shape index (κ1) is 14.3. The van der Waals surface area contributed by atoms with Crippen molar-refractivity contribution >= 4 is 22.2 Å². The van der Waals surface area contributed by atoms with Crippen LogP contribution in [0, 0.1) is 12.3 Å². The van der Waals surface area contributed by atoms with Crippen molar-refractivity contribution in [2.75, 3.05) is 6.54 Å². The fourth-order valence-corrected chi connectivity index (χ4v) is 2.87. The number of hydrogen-bond donors (Lipinski definition) is 1. The molecule has 0 aromatic carbocycles. The highest BCUT2D eigenvalue weighted by molar-refractivity contribution is 7.15. The lowest BCUT2D eigenvalue weighted by molar-refractivity contribution is 0.0956. The molecule has 0 radical (unpaired) electrons. The van der Waals surface area contributed by atoms with Gasteiger partial charge in [0.15, 0.2) is 4.96 Å². The Balaban J connectivity index is 2.62. The first-order valence-electron chi connectivity index (χ1n) is 6.07. The van der Waals surface area contributed by atoms with E-state index in [1.54, 1.807) is 0 Å². The van der Waals surface area contributed by atoms with Crippen LogP contribution in [0.15, 0.2) is 16.4 Å². The van der Waals surface area contributed by atoms with Crippen LogP contribution < -0.4 is 10.9 Å². The van der Waals surface area contributed by atoms with Gasteiger partial charge in [0.2, 0.25) is 0 Å². The van der Waals surface area contributed by atoms with E-state index in [0.29, 0.717) is 4.96 Å². The van der Waals surface area contributed by atoms with Gasteiger partial charge in [-0.15, -0.1) is 17.8 Å². The molecule has 0 saturated heterocycles. The molecular weight excluding hydrogens is 274 g/mol. The monoisotopic (exact) mass is 289 g/mol. The second-order valence-corrected chi connectivity index (χ2v) is 6.19. The van der Waals surface area contributed by atoms with Crippen LogP contribution in [0.25, 0.3) is 4.96 Å². The molecule has 2 aromatic heterocycles. The predicted molar refractivity (Wildman–Crippen MR) is 79.2 cm³/mol. The standard InChI is InChI=1S/C14H15N3O2S/c1-5-6-15-11(18)9-7-16-13-17(12(9)19)10(8-20-13)14(2,3)4/h1,7-8H,6H2,2-4H3,(H,15,18). The number of thiazole rings is 1. The minimum absolute atomic E-state index is 0.00153. The molecule has 0 atom stereocenters. The summed E-state index contributed by atoms with van der Waals surface area (Å²) in [5, 5.41) is 4.38. The van der Waals surface area contributed by atoms with Crippen LogP contribution in [0.5, 0.6) is 0 Å². The molecule has 104 valence electrons. The third kappa shape index (κ3) is 2.45. The van der Waals surface area contributed by atoms with Crippen LogP contribution in [0.2, 0.25) is 0 Å². The van der Waals surface area contributed by atoms with Crippen molar-refractivity contribution in [1.29, 1.82) is 0 Å². The van der Waals surface area contributed by atoms with Gasteiger partial charge in [-0.3, -0.25) is 14.0 Å². The maximum absolute atomic E-state index is 12.5. The Morgan fingerprint density at radius 2 is 2.25 bits per heavy atom. The van der Waals surface area contributed by atoms with E-state index in [2.05, 4.69) is 16.2 Å². The fourth-order valence-electron chi connectivity index (χ4n) is 1.79. The summed E-state index contributed by atoms with van der Waals surface area (Å²) in [6.07, 6.45) is 6.38. The molecule has 0 aliphatic heterocycles. The summed E-state index contributed by atoms with van der Waals surface area (Å²) < 4.78 is 1.50. The summed E-state index contributed by atoms with van der Waals surface area (Å²) in [5.41, 5.74) is 0.261. The fraction of sp³-hybridized carbons (Fsp3) is 0.357. The number of rotatable bonds is 2. The van der Waals surface area contributed by atoms with Crippen molar-refractivity contribution in [3.8, 4) is 12.3 Å². The number of carbonyl (C=O) groups excluding carboxylic acids is 1. The van der Waals surface area contributed by atoms with Crippen molar-refractivity contribution < 1.29 is 4.79 Å². The second-order valence-electron chi connectivity index (χ2n) is 5.35. The maximum atomic E-state index is 12.5. The smallest absolute Gasteiger partial charge is 0.271 e. The second kappa shape index (κ2) is 5.10. The lowest BCUT2D eigenvalue weighted by Gasteiger charge is -2.17. The van der Waals surface area contributed by atoms with Gasteiger partial charge in [-0.1, -0.05) is 26.7 Å². The molecule has 1 amide bonds. The van der Waals surface area contributed by atoms with Crippen molar-refractivity contribution in [2.45, 2.75) is 26.2 Å². The maximum Gasteiger partial charge on any atom is 0.271 e. The van der Waals surface area contributed by atoms with Gasteiger partial charge in [0.25, 0.3) is 11.5 Å². The largest absolute Gasteiger partial charge is 0.341 e. The van der Waals surface area contributed by atoms with E-state index in [9.17, 15) is 9.59 Å². The molecular formula is C14H15N3O2S. The first-order valence-corrected chi connectivity index (χ1v) is 6.95. The molecule has 2 rings (SSSR count). The highest BCUT2D eigenvalue weighted by atomic mass is 32.1. The zero-order valence-corrected chi connectivity index (χ0v) is 12.4. The molecule has 1 N–H and O–H groups in total. The van der Waals surface area contributed by atoms with Crippen LogP contribution in [0.3, 0.4) is 0 Å². The lowest BCUT2D eigenvalue weighted by Crippen LogP contribution is -2.33. The number of nitrogens with one attached hydrogen (secondary N) is 1. The van der Waals surface area contributed by atoms with Crippen molar-refractivity contribution in [3.63, 3.8) is 0 Å². The highest BCUT2D eigenvalue weighted by Gasteiger charge is 2.22. The van der Waals surface area contributed by atoms with Crippen LogP contribution in [0.4, 0.5) is 0 Å². The molecule has 2 heterocycles. The predicted octanol–water partition coefficient (Wildman–Crippen LogP) is 1.42. The van der Waals surface area contributed by atoms with Crippen molar-refractivity contribution in [2.24, 2.45) is 0 Å². The number of terminal acetylenes is 1. The van der Waals surface area contributed by atoms with Gasteiger partial charge in [-0.2, -0.15) is 0 Å². The van der Waals surface area contributed by atoms with E-state index in [1.807, 2.05) is 26.2 Å². The van der Waals surface area contributed by atoms with E-state index in [1.165, 1.54) is 21.9 Å². The van der Waals surface area contributed by atoms with Crippen molar-refractivity contribution in [1.82, 2.24) is 14.7 Å². The van der Waals surface area contributed by atoms with Gasteiger partial charge in [-0.25, -0.2) is 4.98 Å². The summed E-state index contributed by atoms with van der Waals surface area (Å²) in [6, 6.07) is 0. The molecule has 6 heteroatoms.